The van der Waals surface area contributed by atoms with E-state index in [9.17, 15) is 4.79 Å². The lowest BCUT2D eigenvalue weighted by atomic mass is 9.58. The number of hydrogen-bond donors (Lipinski definition) is 1. The second-order valence-corrected chi connectivity index (χ2v) is 8.41. The van der Waals surface area contributed by atoms with Crippen molar-refractivity contribution in [1.82, 2.24) is 9.88 Å². The molecule has 0 bridgehead atoms. The molecule has 5 heteroatoms. The molecule has 1 aliphatic carbocycles. The Morgan fingerprint density at radius 3 is 2.90 bits per heavy atom. The van der Waals surface area contributed by atoms with Crippen LogP contribution in [-0.4, -0.2) is 49.2 Å². The number of ether oxygens (including phenoxy) is 2. The minimum Gasteiger partial charge on any atom is -0.497 e. The van der Waals surface area contributed by atoms with Crippen LogP contribution in [0.5, 0.6) is 5.75 Å². The molecule has 2 unspecified atom stereocenters. The first-order valence-electron chi connectivity index (χ1n) is 10.8. The van der Waals surface area contributed by atoms with Crippen LogP contribution in [0.15, 0.2) is 24.3 Å². The van der Waals surface area contributed by atoms with Crippen LogP contribution in [0.2, 0.25) is 0 Å². The molecule has 0 spiro atoms. The molecule has 0 amide bonds. The number of likely N-dealkylation sites (tertiary alicyclic amines) is 1. The van der Waals surface area contributed by atoms with E-state index >= 15 is 0 Å². The Morgan fingerprint density at radius 2 is 2.17 bits per heavy atom. The molecular weight excluding hydrogens is 364 g/mol. The number of rotatable bonds is 5. The molecule has 5 nitrogen and oxygen atoms in total. The van der Waals surface area contributed by atoms with Crippen LogP contribution in [0.3, 0.4) is 0 Å². The summed E-state index contributed by atoms with van der Waals surface area (Å²) in [5.41, 5.74) is 5.63. The molecule has 0 saturated carbocycles. The lowest BCUT2D eigenvalue weighted by Gasteiger charge is -2.51. The zero-order chi connectivity index (χ0) is 20.6. The van der Waals surface area contributed by atoms with Crippen molar-refractivity contribution in [3.8, 4) is 5.75 Å². The van der Waals surface area contributed by atoms with E-state index in [1.165, 1.54) is 16.8 Å². The molecule has 1 saturated heterocycles. The van der Waals surface area contributed by atoms with Crippen LogP contribution in [0.4, 0.5) is 0 Å². The summed E-state index contributed by atoms with van der Waals surface area (Å²) < 4.78 is 10.8. The minimum absolute atomic E-state index is 0.0659. The van der Waals surface area contributed by atoms with Gasteiger partial charge in [-0.05, 0) is 80.9 Å². The Kier molecular flexibility index (Phi) is 5.43. The topological polar surface area (TPSA) is 54.6 Å². The van der Waals surface area contributed by atoms with Gasteiger partial charge in [-0.3, -0.25) is 0 Å². The second kappa shape index (κ2) is 7.86. The Hall–Kier alpha value is -2.27. The minimum atomic E-state index is -0.243. The van der Waals surface area contributed by atoms with Gasteiger partial charge in [-0.1, -0.05) is 19.1 Å². The third-order valence-electron chi connectivity index (χ3n) is 7.12. The lowest BCUT2D eigenvalue weighted by Crippen LogP contribution is -2.53. The number of nitrogens with zero attached hydrogens (tertiary/aromatic N) is 1. The fourth-order valence-electron chi connectivity index (χ4n) is 5.43. The molecule has 0 radical (unpaired) electrons. The highest BCUT2D eigenvalue weighted by molar-refractivity contribution is 5.90. The lowest BCUT2D eigenvalue weighted by molar-refractivity contribution is 0.0519. The summed E-state index contributed by atoms with van der Waals surface area (Å²) in [6, 6.07) is 8.58. The molecule has 29 heavy (non-hydrogen) atoms. The molecule has 1 aromatic heterocycles. The first-order valence-corrected chi connectivity index (χ1v) is 10.8. The molecule has 2 aromatic rings. The number of piperidine rings is 1. The van der Waals surface area contributed by atoms with Crippen molar-refractivity contribution >= 4 is 5.97 Å². The van der Waals surface area contributed by atoms with E-state index < -0.39 is 0 Å². The van der Waals surface area contributed by atoms with Gasteiger partial charge in [-0.2, -0.15) is 0 Å². The van der Waals surface area contributed by atoms with E-state index in [0.717, 1.165) is 50.2 Å². The van der Waals surface area contributed by atoms with Gasteiger partial charge in [0, 0.05) is 17.7 Å². The maximum atomic E-state index is 12.5. The van der Waals surface area contributed by atoms with Crippen molar-refractivity contribution < 1.29 is 14.3 Å². The number of carbonyl (C=O) groups excluding carboxylic acids is 1. The van der Waals surface area contributed by atoms with Crippen LogP contribution in [0.25, 0.3) is 0 Å². The summed E-state index contributed by atoms with van der Waals surface area (Å²) in [5, 5.41) is 0. The summed E-state index contributed by atoms with van der Waals surface area (Å²) >= 11 is 0. The normalized spacial score (nSPS) is 23.9. The number of nitrogens with one attached hydrogen (secondary N) is 1. The highest BCUT2D eigenvalue weighted by atomic mass is 16.5. The predicted octanol–water partition coefficient (Wildman–Crippen LogP) is 3.89. The van der Waals surface area contributed by atoms with E-state index in [-0.39, 0.29) is 11.4 Å². The number of methoxy groups -OCH3 is 1. The van der Waals surface area contributed by atoms with E-state index in [1.54, 1.807) is 7.11 Å². The number of hydrogen-bond acceptors (Lipinski definition) is 4. The summed E-state index contributed by atoms with van der Waals surface area (Å²) in [4.78, 5) is 18.5. The van der Waals surface area contributed by atoms with Gasteiger partial charge >= 0.3 is 5.97 Å². The molecule has 1 aromatic carbocycles. The predicted molar refractivity (Wildman–Crippen MR) is 114 cm³/mol. The van der Waals surface area contributed by atoms with Crippen molar-refractivity contribution in [2.75, 3.05) is 33.4 Å². The smallest absolute Gasteiger partial charge is 0.355 e. The van der Waals surface area contributed by atoms with Crippen LogP contribution in [-0.2, 0) is 23.0 Å². The maximum Gasteiger partial charge on any atom is 0.355 e. The van der Waals surface area contributed by atoms with Crippen molar-refractivity contribution in [3.05, 3.63) is 52.3 Å². The number of benzene rings is 1. The maximum absolute atomic E-state index is 12.5. The second-order valence-electron chi connectivity index (χ2n) is 8.41. The fourth-order valence-corrected chi connectivity index (χ4v) is 5.43. The van der Waals surface area contributed by atoms with Crippen LogP contribution >= 0.6 is 0 Å². The van der Waals surface area contributed by atoms with Crippen molar-refractivity contribution in [3.63, 3.8) is 0 Å². The summed E-state index contributed by atoms with van der Waals surface area (Å²) in [5.74, 6) is 1.18. The van der Waals surface area contributed by atoms with Gasteiger partial charge in [0.1, 0.15) is 11.4 Å². The Balaban J connectivity index is 1.78. The van der Waals surface area contributed by atoms with Crippen molar-refractivity contribution in [1.29, 1.82) is 0 Å². The van der Waals surface area contributed by atoms with Gasteiger partial charge in [0.15, 0.2) is 0 Å². The summed E-state index contributed by atoms with van der Waals surface area (Å²) in [6.07, 6.45) is 3.04. The van der Waals surface area contributed by atoms with Crippen LogP contribution in [0, 0.1) is 12.8 Å². The van der Waals surface area contributed by atoms with Gasteiger partial charge < -0.3 is 19.4 Å². The number of fused-ring (bicyclic) bond motifs is 2. The third kappa shape index (κ3) is 3.35. The van der Waals surface area contributed by atoms with Crippen molar-refractivity contribution in [2.45, 2.75) is 45.4 Å². The highest BCUT2D eigenvalue weighted by Crippen LogP contribution is 2.49. The monoisotopic (exact) mass is 396 g/mol. The first-order chi connectivity index (χ1) is 14.0. The van der Waals surface area contributed by atoms with E-state index in [4.69, 9.17) is 9.47 Å². The van der Waals surface area contributed by atoms with Crippen LogP contribution < -0.4 is 4.74 Å². The number of aromatic nitrogens is 1. The Bertz CT molecular complexity index is 904. The zero-order valence-electron chi connectivity index (χ0n) is 18.0. The summed E-state index contributed by atoms with van der Waals surface area (Å²) in [6.45, 7) is 9.81. The molecule has 1 aliphatic heterocycles. The standard InChI is InChI=1S/C24H32N2O3/c1-5-26-11-10-24(17-8-7-9-19(12-17)28-4)14-21-20(13-18(24)15-26)16(3)22(25-21)23(27)29-6-2/h7-9,12,18,25H,5-6,10-11,13-15H2,1-4H3. The van der Waals surface area contributed by atoms with E-state index in [0.29, 0.717) is 18.2 Å². The average Bonchev–Trinajstić information content (AvgIpc) is 3.07. The Morgan fingerprint density at radius 1 is 1.34 bits per heavy atom. The van der Waals surface area contributed by atoms with Gasteiger partial charge in [0.25, 0.3) is 0 Å². The van der Waals surface area contributed by atoms with Gasteiger partial charge in [-0.25, -0.2) is 4.79 Å². The quantitative estimate of drug-likeness (QED) is 0.779. The molecule has 1 N–H and O–H groups in total. The third-order valence-corrected chi connectivity index (χ3v) is 7.12. The Labute approximate surface area is 173 Å². The molecule has 4 rings (SSSR count). The van der Waals surface area contributed by atoms with Crippen LogP contribution in [0.1, 0.15) is 53.1 Å². The largest absolute Gasteiger partial charge is 0.497 e. The highest BCUT2D eigenvalue weighted by Gasteiger charge is 2.48. The molecule has 2 atom stereocenters. The SMILES string of the molecule is CCOC(=O)c1[nH]c2c(c1C)CC1CN(CC)CCC1(c1cccc(OC)c1)C2. The molecule has 1 fully saturated rings. The molecule has 2 aliphatic rings. The molecule has 2 heterocycles. The fraction of sp³-hybridized carbons (Fsp3) is 0.542. The van der Waals surface area contributed by atoms with E-state index in [2.05, 4.69) is 41.9 Å². The number of H-pyrrole nitrogens is 1. The number of carbonyl (C=O) groups is 1. The van der Waals surface area contributed by atoms with Gasteiger partial charge in [0.05, 0.1) is 13.7 Å². The summed E-state index contributed by atoms with van der Waals surface area (Å²) in [7, 11) is 1.73. The molecular formula is C24H32N2O3. The molecule has 156 valence electrons. The van der Waals surface area contributed by atoms with Crippen molar-refractivity contribution in [2.24, 2.45) is 5.92 Å². The number of esters is 1. The van der Waals surface area contributed by atoms with E-state index in [1.807, 2.05) is 13.0 Å². The first kappa shape index (κ1) is 20.0. The van der Waals surface area contributed by atoms with Gasteiger partial charge in [-0.15, -0.1) is 0 Å². The van der Waals surface area contributed by atoms with Gasteiger partial charge in [0.2, 0.25) is 0 Å². The number of aromatic amines is 1. The average molecular weight is 397 g/mol. The zero-order valence-corrected chi connectivity index (χ0v) is 18.0.